The van der Waals surface area contributed by atoms with E-state index in [-0.39, 0.29) is 11.9 Å². The molecule has 2 unspecified atom stereocenters. The molecule has 4 heteroatoms. The van der Waals surface area contributed by atoms with Crippen LogP contribution in [0, 0.1) is 5.92 Å². The average molecular weight is 257 g/mol. The smallest absolute Gasteiger partial charge is 0.310 e. The second-order valence-electron chi connectivity index (χ2n) is 4.42. The molecule has 2 N–H and O–H groups in total. The quantitative estimate of drug-likeness (QED) is 0.639. The van der Waals surface area contributed by atoms with Crippen molar-refractivity contribution in [2.75, 3.05) is 0 Å². The standard InChI is InChI=1S/C15H15NO3/c17-14(9-6-11-4-2-1-3-5-11)16-13-8-7-12(10-13)15(18)19/h1-9,12-13H,10H2,(H,16,17)(H,18,19). The zero-order chi connectivity index (χ0) is 13.7. The number of carbonyl (C=O) groups excluding carboxylic acids is 1. The van der Waals surface area contributed by atoms with E-state index in [2.05, 4.69) is 5.32 Å². The third-order valence-electron chi connectivity index (χ3n) is 2.96. The van der Waals surface area contributed by atoms with Gasteiger partial charge < -0.3 is 10.4 Å². The number of hydrogen-bond acceptors (Lipinski definition) is 2. The van der Waals surface area contributed by atoms with Gasteiger partial charge in [0.05, 0.1) is 5.92 Å². The lowest BCUT2D eigenvalue weighted by atomic mass is 10.1. The number of carbonyl (C=O) groups is 2. The number of rotatable bonds is 4. The molecule has 0 aromatic heterocycles. The summed E-state index contributed by atoms with van der Waals surface area (Å²) in [5.74, 6) is -1.57. The van der Waals surface area contributed by atoms with Gasteiger partial charge >= 0.3 is 5.97 Å². The highest BCUT2D eigenvalue weighted by Gasteiger charge is 2.24. The summed E-state index contributed by atoms with van der Waals surface area (Å²) >= 11 is 0. The van der Waals surface area contributed by atoms with Gasteiger partial charge in [0.1, 0.15) is 0 Å². The number of carboxylic acid groups (broad SMARTS) is 1. The van der Waals surface area contributed by atoms with E-state index in [0.717, 1.165) is 5.56 Å². The molecule has 0 fully saturated rings. The molecule has 0 spiro atoms. The van der Waals surface area contributed by atoms with Crippen molar-refractivity contribution < 1.29 is 14.7 Å². The fourth-order valence-electron chi connectivity index (χ4n) is 1.96. The predicted molar refractivity (Wildman–Crippen MR) is 72.3 cm³/mol. The molecule has 0 aliphatic heterocycles. The molecule has 1 amide bonds. The summed E-state index contributed by atoms with van der Waals surface area (Å²) < 4.78 is 0. The van der Waals surface area contributed by atoms with Crippen LogP contribution in [0.1, 0.15) is 12.0 Å². The van der Waals surface area contributed by atoms with Crippen molar-refractivity contribution in [3.05, 3.63) is 54.1 Å². The minimum absolute atomic E-state index is 0.200. The second kappa shape index (κ2) is 6.00. The molecule has 19 heavy (non-hydrogen) atoms. The highest BCUT2D eigenvalue weighted by Crippen LogP contribution is 2.17. The third-order valence-corrected chi connectivity index (χ3v) is 2.96. The van der Waals surface area contributed by atoms with Gasteiger partial charge in [0, 0.05) is 12.1 Å². The topological polar surface area (TPSA) is 66.4 Å². The van der Waals surface area contributed by atoms with Crippen molar-refractivity contribution in [3.63, 3.8) is 0 Å². The first-order valence-corrected chi connectivity index (χ1v) is 6.10. The van der Waals surface area contributed by atoms with Crippen LogP contribution in [0.4, 0.5) is 0 Å². The number of nitrogens with one attached hydrogen (secondary N) is 1. The molecule has 0 saturated heterocycles. The molecule has 2 atom stereocenters. The van der Waals surface area contributed by atoms with Crippen LogP contribution >= 0.6 is 0 Å². The largest absolute Gasteiger partial charge is 0.481 e. The Hall–Kier alpha value is -2.36. The number of hydrogen-bond donors (Lipinski definition) is 2. The summed E-state index contributed by atoms with van der Waals surface area (Å²) in [7, 11) is 0. The molecule has 0 heterocycles. The maximum atomic E-state index is 11.7. The van der Waals surface area contributed by atoms with Gasteiger partial charge in [-0.3, -0.25) is 9.59 Å². The first kappa shape index (κ1) is 13.1. The maximum absolute atomic E-state index is 11.7. The van der Waals surface area contributed by atoms with Gasteiger partial charge in [0.2, 0.25) is 5.91 Å². The van der Waals surface area contributed by atoms with E-state index in [1.54, 1.807) is 18.2 Å². The van der Waals surface area contributed by atoms with Gasteiger partial charge in [-0.1, -0.05) is 42.5 Å². The van der Waals surface area contributed by atoms with E-state index in [4.69, 9.17) is 5.11 Å². The summed E-state index contributed by atoms with van der Waals surface area (Å²) in [5, 5.41) is 11.6. The number of amides is 1. The molecule has 2 rings (SSSR count). The predicted octanol–water partition coefficient (Wildman–Crippen LogP) is 1.85. The molecule has 0 saturated carbocycles. The maximum Gasteiger partial charge on any atom is 0.310 e. The Morgan fingerprint density at radius 2 is 1.95 bits per heavy atom. The van der Waals surface area contributed by atoms with Crippen LogP contribution < -0.4 is 5.32 Å². The van der Waals surface area contributed by atoms with Crippen LogP contribution in [-0.2, 0) is 9.59 Å². The second-order valence-corrected chi connectivity index (χ2v) is 4.42. The van der Waals surface area contributed by atoms with E-state index in [1.165, 1.54) is 6.08 Å². The van der Waals surface area contributed by atoms with Crippen molar-refractivity contribution in [2.45, 2.75) is 12.5 Å². The molecule has 1 aliphatic rings. The van der Waals surface area contributed by atoms with Crippen LogP contribution in [0.15, 0.2) is 48.6 Å². The number of carboxylic acids is 1. The van der Waals surface area contributed by atoms with E-state index < -0.39 is 11.9 Å². The SMILES string of the molecule is O=C(C=Cc1ccccc1)NC1C=CC(C(=O)O)C1. The highest BCUT2D eigenvalue weighted by atomic mass is 16.4. The first-order chi connectivity index (χ1) is 9.15. The zero-order valence-corrected chi connectivity index (χ0v) is 10.3. The van der Waals surface area contributed by atoms with Gasteiger partial charge in [-0.15, -0.1) is 0 Å². The van der Waals surface area contributed by atoms with Gasteiger partial charge in [-0.25, -0.2) is 0 Å². The Morgan fingerprint density at radius 1 is 1.21 bits per heavy atom. The summed E-state index contributed by atoms with van der Waals surface area (Å²) in [5.41, 5.74) is 0.947. The molecule has 98 valence electrons. The Labute approximate surface area is 111 Å². The van der Waals surface area contributed by atoms with Crippen molar-refractivity contribution in [1.29, 1.82) is 0 Å². The minimum atomic E-state index is -0.854. The van der Waals surface area contributed by atoms with Gasteiger partial charge in [0.15, 0.2) is 0 Å². The summed E-state index contributed by atoms with van der Waals surface area (Å²) in [4.78, 5) is 22.4. The monoisotopic (exact) mass is 257 g/mol. The van der Waals surface area contributed by atoms with Gasteiger partial charge in [-0.2, -0.15) is 0 Å². The fourth-order valence-corrected chi connectivity index (χ4v) is 1.96. The Bertz CT molecular complexity index is 519. The summed E-state index contributed by atoms with van der Waals surface area (Å²) in [6.07, 6.45) is 6.95. The van der Waals surface area contributed by atoms with Crippen LogP contribution in [0.5, 0.6) is 0 Å². The average Bonchev–Trinajstić information content (AvgIpc) is 2.86. The molecular weight excluding hydrogens is 242 g/mol. The van der Waals surface area contributed by atoms with Crippen molar-refractivity contribution in [3.8, 4) is 0 Å². The molecule has 0 radical (unpaired) electrons. The van der Waals surface area contributed by atoms with Crippen LogP contribution in [-0.4, -0.2) is 23.0 Å². The van der Waals surface area contributed by atoms with Crippen LogP contribution in [0.25, 0.3) is 6.08 Å². The molecule has 1 aromatic carbocycles. The zero-order valence-electron chi connectivity index (χ0n) is 10.3. The number of benzene rings is 1. The van der Waals surface area contributed by atoms with Crippen molar-refractivity contribution >= 4 is 18.0 Å². The Morgan fingerprint density at radius 3 is 2.58 bits per heavy atom. The third kappa shape index (κ3) is 3.81. The number of aliphatic carboxylic acids is 1. The highest BCUT2D eigenvalue weighted by molar-refractivity contribution is 5.92. The van der Waals surface area contributed by atoms with E-state index in [0.29, 0.717) is 6.42 Å². The van der Waals surface area contributed by atoms with Crippen molar-refractivity contribution in [1.82, 2.24) is 5.32 Å². The normalized spacial score (nSPS) is 21.7. The fraction of sp³-hybridized carbons (Fsp3) is 0.200. The Kier molecular flexibility index (Phi) is 4.13. The molecular formula is C15H15NO3. The molecule has 1 aliphatic carbocycles. The lowest BCUT2D eigenvalue weighted by Crippen LogP contribution is -2.31. The first-order valence-electron chi connectivity index (χ1n) is 6.10. The lowest BCUT2D eigenvalue weighted by molar-refractivity contribution is -0.140. The molecule has 1 aromatic rings. The van der Waals surface area contributed by atoms with Crippen LogP contribution in [0.3, 0.4) is 0 Å². The van der Waals surface area contributed by atoms with Crippen molar-refractivity contribution in [2.24, 2.45) is 5.92 Å². The molecule has 0 bridgehead atoms. The Balaban J connectivity index is 1.85. The van der Waals surface area contributed by atoms with Crippen LogP contribution in [0.2, 0.25) is 0 Å². The van der Waals surface area contributed by atoms with E-state index >= 15 is 0 Å². The minimum Gasteiger partial charge on any atom is -0.481 e. The van der Waals surface area contributed by atoms with E-state index in [9.17, 15) is 9.59 Å². The summed E-state index contributed by atoms with van der Waals surface area (Å²) in [6, 6.07) is 9.31. The summed E-state index contributed by atoms with van der Waals surface area (Å²) in [6.45, 7) is 0. The van der Waals surface area contributed by atoms with Gasteiger partial charge in [0.25, 0.3) is 0 Å². The van der Waals surface area contributed by atoms with E-state index in [1.807, 2.05) is 30.3 Å². The lowest BCUT2D eigenvalue weighted by Gasteiger charge is -2.09. The van der Waals surface area contributed by atoms with Gasteiger partial charge in [-0.05, 0) is 18.1 Å². The molecule has 4 nitrogen and oxygen atoms in total.